The minimum atomic E-state index is 0.613. The van der Waals surface area contributed by atoms with Crippen LogP contribution in [0.2, 0.25) is 0 Å². The molecule has 2 nitrogen and oxygen atoms in total. The van der Waals surface area contributed by atoms with E-state index >= 15 is 0 Å². The van der Waals surface area contributed by atoms with Crippen LogP contribution in [0.25, 0.3) is 0 Å². The second-order valence-electron chi connectivity index (χ2n) is 5.04. The van der Waals surface area contributed by atoms with Gasteiger partial charge in [-0.3, -0.25) is 0 Å². The van der Waals surface area contributed by atoms with Gasteiger partial charge in [-0.15, -0.1) is 11.3 Å². The summed E-state index contributed by atoms with van der Waals surface area (Å²) in [5.74, 6) is 0. The van der Waals surface area contributed by atoms with Crippen molar-refractivity contribution in [1.82, 2.24) is 10.3 Å². The smallest absolute Gasteiger partial charge is 0.0943 e. The Morgan fingerprint density at radius 3 is 2.61 bits per heavy atom. The summed E-state index contributed by atoms with van der Waals surface area (Å²) in [5, 5.41) is 7.03. The lowest BCUT2D eigenvalue weighted by Gasteiger charge is -2.16. The van der Waals surface area contributed by atoms with Crippen molar-refractivity contribution >= 4 is 11.3 Å². The monoisotopic (exact) mass is 268 g/mol. The van der Waals surface area contributed by atoms with E-state index in [0.29, 0.717) is 6.04 Å². The molecule has 0 saturated heterocycles. The number of likely N-dealkylation sites (N-methyl/N-ethyl adjacent to an activating group) is 1. The van der Waals surface area contributed by atoms with E-state index in [1.54, 1.807) is 11.3 Å². The molecule has 0 fully saturated rings. The molecule has 0 aliphatic rings. The first-order chi connectivity index (χ1) is 8.76. The molecule has 1 aromatic rings. The number of nitrogens with one attached hydrogen (secondary N) is 1. The Bertz CT molecular complexity index is 309. The second-order valence-corrected chi connectivity index (χ2v) is 5.99. The van der Waals surface area contributed by atoms with Crippen LogP contribution >= 0.6 is 11.3 Å². The van der Waals surface area contributed by atoms with Crippen LogP contribution in [0.5, 0.6) is 0 Å². The molecule has 0 amide bonds. The third-order valence-electron chi connectivity index (χ3n) is 3.24. The van der Waals surface area contributed by atoms with Crippen molar-refractivity contribution in [2.24, 2.45) is 0 Å². The van der Waals surface area contributed by atoms with Crippen LogP contribution in [0.3, 0.4) is 0 Å². The lowest BCUT2D eigenvalue weighted by atomic mass is 10.0. The average Bonchev–Trinajstić information content (AvgIpc) is 2.75. The Kier molecular flexibility index (Phi) is 8.27. The zero-order chi connectivity index (χ0) is 13.2. The molecule has 104 valence electrons. The predicted molar refractivity (Wildman–Crippen MR) is 81.4 cm³/mol. The molecule has 1 heterocycles. The maximum absolute atomic E-state index is 4.57. The summed E-state index contributed by atoms with van der Waals surface area (Å²) in [5.41, 5.74) is 1.16. The fourth-order valence-electron chi connectivity index (χ4n) is 2.27. The molecule has 3 heteroatoms. The number of aromatic nitrogens is 1. The molecule has 0 bridgehead atoms. The molecule has 1 unspecified atom stereocenters. The van der Waals surface area contributed by atoms with Crippen molar-refractivity contribution in [2.75, 3.05) is 6.54 Å². The van der Waals surface area contributed by atoms with Crippen molar-refractivity contribution in [3.8, 4) is 0 Å². The fraction of sp³-hybridized carbons (Fsp3) is 0.800. The normalized spacial score (nSPS) is 12.8. The van der Waals surface area contributed by atoms with Gasteiger partial charge in [-0.05, 0) is 19.9 Å². The van der Waals surface area contributed by atoms with Gasteiger partial charge in [-0.2, -0.15) is 0 Å². The minimum Gasteiger partial charge on any atom is -0.314 e. The average molecular weight is 268 g/mol. The van der Waals surface area contributed by atoms with Crippen LogP contribution in [-0.4, -0.2) is 17.6 Å². The van der Waals surface area contributed by atoms with Gasteiger partial charge in [-0.1, -0.05) is 46.0 Å². The lowest BCUT2D eigenvalue weighted by molar-refractivity contribution is 0.460. The van der Waals surface area contributed by atoms with Crippen molar-refractivity contribution in [2.45, 2.75) is 71.8 Å². The van der Waals surface area contributed by atoms with E-state index in [0.717, 1.165) is 18.7 Å². The summed E-state index contributed by atoms with van der Waals surface area (Å²) >= 11 is 1.80. The van der Waals surface area contributed by atoms with Crippen LogP contribution < -0.4 is 5.32 Å². The second kappa shape index (κ2) is 9.51. The molecule has 0 aliphatic carbocycles. The Hall–Kier alpha value is -0.410. The topological polar surface area (TPSA) is 24.9 Å². The number of hydrogen-bond donors (Lipinski definition) is 1. The van der Waals surface area contributed by atoms with Crippen LogP contribution in [0.1, 0.15) is 63.1 Å². The first-order valence-electron chi connectivity index (χ1n) is 7.40. The minimum absolute atomic E-state index is 0.613. The third-order valence-corrected chi connectivity index (χ3v) is 4.23. The summed E-state index contributed by atoms with van der Waals surface area (Å²) in [6.07, 6.45) is 9.23. The number of unbranched alkanes of at least 4 members (excludes halogenated alkanes) is 4. The highest BCUT2D eigenvalue weighted by atomic mass is 32.1. The summed E-state index contributed by atoms with van der Waals surface area (Å²) in [7, 11) is 0. The molecular formula is C15H28N2S. The van der Waals surface area contributed by atoms with Gasteiger partial charge in [0.25, 0.3) is 0 Å². The van der Waals surface area contributed by atoms with Crippen molar-refractivity contribution in [3.05, 3.63) is 16.1 Å². The van der Waals surface area contributed by atoms with Crippen LogP contribution in [0, 0.1) is 6.92 Å². The van der Waals surface area contributed by atoms with Gasteiger partial charge in [0.15, 0.2) is 0 Å². The summed E-state index contributed by atoms with van der Waals surface area (Å²) in [6.45, 7) is 7.60. The fourth-order valence-corrected chi connectivity index (χ4v) is 3.12. The number of thiazole rings is 1. The lowest BCUT2D eigenvalue weighted by Crippen LogP contribution is -2.30. The largest absolute Gasteiger partial charge is 0.314 e. The molecule has 1 atom stereocenters. The highest BCUT2D eigenvalue weighted by molar-refractivity contribution is 7.09. The van der Waals surface area contributed by atoms with Crippen molar-refractivity contribution in [1.29, 1.82) is 0 Å². The first kappa shape index (κ1) is 15.6. The van der Waals surface area contributed by atoms with E-state index in [-0.39, 0.29) is 0 Å². The summed E-state index contributed by atoms with van der Waals surface area (Å²) in [4.78, 5) is 4.57. The van der Waals surface area contributed by atoms with E-state index in [1.807, 2.05) is 0 Å². The van der Waals surface area contributed by atoms with Gasteiger partial charge in [0, 0.05) is 23.5 Å². The van der Waals surface area contributed by atoms with Crippen molar-refractivity contribution < 1.29 is 0 Å². The molecular weight excluding hydrogens is 240 g/mol. The van der Waals surface area contributed by atoms with Gasteiger partial charge < -0.3 is 5.32 Å². The van der Waals surface area contributed by atoms with Gasteiger partial charge in [0.05, 0.1) is 5.01 Å². The molecule has 0 aromatic carbocycles. The third kappa shape index (κ3) is 6.50. The zero-order valence-corrected chi connectivity index (χ0v) is 13.0. The quantitative estimate of drug-likeness (QED) is 0.639. The van der Waals surface area contributed by atoms with E-state index in [9.17, 15) is 0 Å². The molecule has 0 radical (unpaired) electrons. The number of rotatable bonds is 10. The van der Waals surface area contributed by atoms with Gasteiger partial charge >= 0.3 is 0 Å². The van der Waals surface area contributed by atoms with E-state index in [1.165, 1.54) is 43.5 Å². The van der Waals surface area contributed by atoms with E-state index in [4.69, 9.17) is 0 Å². The molecule has 1 rings (SSSR count). The SMILES string of the molecule is CCCCCCCC(Cc1nc(C)cs1)NCC. The first-order valence-corrected chi connectivity index (χ1v) is 8.28. The molecule has 0 aliphatic heterocycles. The van der Waals surface area contributed by atoms with Crippen molar-refractivity contribution in [3.63, 3.8) is 0 Å². The van der Waals surface area contributed by atoms with Crippen LogP contribution in [-0.2, 0) is 6.42 Å². The van der Waals surface area contributed by atoms with Gasteiger partial charge in [0.1, 0.15) is 0 Å². The highest BCUT2D eigenvalue weighted by Gasteiger charge is 2.10. The Morgan fingerprint density at radius 1 is 1.22 bits per heavy atom. The maximum atomic E-state index is 4.57. The van der Waals surface area contributed by atoms with E-state index < -0.39 is 0 Å². The summed E-state index contributed by atoms with van der Waals surface area (Å²) in [6, 6.07) is 0.613. The number of hydrogen-bond acceptors (Lipinski definition) is 3. The molecule has 1 N–H and O–H groups in total. The maximum Gasteiger partial charge on any atom is 0.0943 e. The van der Waals surface area contributed by atoms with E-state index in [2.05, 4.69) is 36.5 Å². The van der Waals surface area contributed by atoms with Gasteiger partial charge in [0.2, 0.25) is 0 Å². The molecule has 0 saturated carbocycles. The van der Waals surface area contributed by atoms with Crippen LogP contribution in [0.4, 0.5) is 0 Å². The Morgan fingerprint density at radius 2 is 2.00 bits per heavy atom. The number of nitrogens with zero attached hydrogens (tertiary/aromatic N) is 1. The summed E-state index contributed by atoms with van der Waals surface area (Å²) < 4.78 is 0. The molecule has 18 heavy (non-hydrogen) atoms. The van der Waals surface area contributed by atoms with Crippen LogP contribution in [0.15, 0.2) is 5.38 Å². The predicted octanol–water partition coefficient (Wildman–Crippen LogP) is 4.33. The standard InChI is InChI=1S/C15H28N2S/c1-4-6-7-8-9-10-14(16-5-2)11-15-17-13(3)12-18-15/h12,14,16H,4-11H2,1-3H3. The zero-order valence-electron chi connectivity index (χ0n) is 12.2. The Balaban J connectivity index is 2.26. The highest BCUT2D eigenvalue weighted by Crippen LogP contribution is 2.15. The van der Waals surface area contributed by atoms with Gasteiger partial charge in [-0.25, -0.2) is 4.98 Å². The molecule has 0 spiro atoms. The Labute approximate surface area is 116 Å². The number of aryl methyl sites for hydroxylation is 1. The molecule has 1 aromatic heterocycles.